The summed E-state index contributed by atoms with van der Waals surface area (Å²) in [4.78, 5) is 13.8. The highest BCUT2D eigenvalue weighted by Gasteiger charge is 2.44. The average molecular weight is 495 g/mol. The summed E-state index contributed by atoms with van der Waals surface area (Å²) in [5.41, 5.74) is 3.72. The molecule has 2 aliphatic rings. The van der Waals surface area contributed by atoms with Gasteiger partial charge < -0.3 is 14.8 Å². The molecule has 9 heteroatoms. The number of hydrogen-bond acceptors (Lipinski definition) is 4. The van der Waals surface area contributed by atoms with Gasteiger partial charge in [0.1, 0.15) is 11.7 Å². The van der Waals surface area contributed by atoms with Gasteiger partial charge in [-0.1, -0.05) is 30.3 Å². The molecule has 0 radical (unpaired) electrons. The lowest BCUT2D eigenvalue weighted by molar-refractivity contribution is -0.137. The predicted molar refractivity (Wildman–Crippen MR) is 139 cm³/mol. The molecule has 0 aliphatic carbocycles. The smallest absolute Gasteiger partial charge is 0.341 e. The van der Waals surface area contributed by atoms with E-state index in [-0.39, 0.29) is 5.54 Å². The summed E-state index contributed by atoms with van der Waals surface area (Å²) in [6.07, 6.45) is -4.36. The second kappa shape index (κ2) is 8.43. The Morgan fingerprint density at radius 2 is 1.72 bits per heavy atom. The van der Waals surface area contributed by atoms with Gasteiger partial charge in [-0.15, -0.1) is 0 Å². The lowest BCUT2D eigenvalue weighted by Crippen LogP contribution is -2.48. The van der Waals surface area contributed by atoms with Gasteiger partial charge in [-0.2, -0.15) is 13.2 Å². The summed E-state index contributed by atoms with van der Waals surface area (Å²) in [5.74, 6) is 2.46. The first-order chi connectivity index (χ1) is 17.0. The Labute approximate surface area is 208 Å². The highest BCUT2D eigenvalue weighted by Crippen LogP contribution is 2.44. The van der Waals surface area contributed by atoms with Gasteiger partial charge >= 0.3 is 6.18 Å². The molecule has 0 fully saturated rings. The average Bonchev–Trinajstić information content (AvgIpc) is 3.29. The molecule has 1 N–H and O–H groups in total. The number of nitrogens with one attached hydrogen (secondary N) is 1. The van der Waals surface area contributed by atoms with Crippen molar-refractivity contribution in [3.8, 4) is 0 Å². The normalized spacial score (nSPS) is 17.8. The maximum Gasteiger partial charge on any atom is 0.416 e. The molecular formula is C27H29F3N6. The van der Waals surface area contributed by atoms with E-state index in [9.17, 15) is 13.2 Å². The fourth-order valence-electron chi connectivity index (χ4n) is 5.02. The van der Waals surface area contributed by atoms with Gasteiger partial charge in [-0.05, 0) is 50.6 Å². The molecule has 2 aliphatic heterocycles. The molecule has 0 saturated carbocycles. The van der Waals surface area contributed by atoms with Crippen molar-refractivity contribution >= 4 is 29.0 Å². The molecule has 2 aromatic carbocycles. The number of para-hydroxylation sites is 1. The summed E-state index contributed by atoms with van der Waals surface area (Å²) in [6.45, 7) is 7.36. The van der Waals surface area contributed by atoms with Crippen molar-refractivity contribution in [1.82, 2.24) is 9.47 Å². The summed E-state index contributed by atoms with van der Waals surface area (Å²) in [5, 5.41) is 3.57. The summed E-state index contributed by atoms with van der Waals surface area (Å²) in [7, 11) is 3.73. The fourth-order valence-corrected chi connectivity index (χ4v) is 5.02. The van der Waals surface area contributed by atoms with Gasteiger partial charge in [0.15, 0.2) is 0 Å². The fraction of sp³-hybridized carbons (Fsp3) is 0.333. The number of benzene rings is 2. The highest BCUT2D eigenvalue weighted by molar-refractivity contribution is 6.24. The second-order valence-corrected chi connectivity index (χ2v) is 9.85. The first-order valence-corrected chi connectivity index (χ1v) is 11.8. The lowest BCUT2D eigenvalue weighted by Gasteiger charge is -2.35. The van der Waals surface area contributed by atoms with E-state index < -0.39 is 11.7 Å². The number of alkyl halides is 3. The van der Waals surface area contributed by atoms with Gasteiger partial charge in [-0.3, -0.25) is 9.89 Å². The molecule has 0 amide bonds. The number of rotatable bonds is 4. The van der Waals surface area contributed by atoms with Gasteiger partial charge in [0.2, 0.25) is 5.96 Å². The predicted octanol–water partition coefficient (Wildman–Crippen LogP) is 5.88. The summed E-state index contributed by atoms with van der Waals surface area (Å²) < 4.78 is 41.5. The lowest BCUT2D eigenvalue weighted by atomic mass is 10.1. The molecular weight excluding hydrogens is 465 g/mol. The largest absolute Gasteiger partial charge is 0.416 e. The molecule has 3 heterocycles. The number of amidine groups is 1. The maximum atomic E-state index is 13.1. The number of nitrogens with zero attached hydrogens (tertiary/aromatic N) is 5. The van der Waals surface area contributed by atoms with E-state index in [4.69, 9.17) is 4.99 Å². The zero-order chi connectivity index (χ0) is 25.8. The Bertz CT molecular complexity index is 1350. The molecule has 6 nitrogen and oxygen atoms in total. The minimum Gasteiger partial charge on any atom is -0.341 e. The molecule has 5 rings (SSSR count). The van der Waals surface area contributed by atoms with Crippen LogP contribution < -0.4 is 10.2 Å². The van der Waals surface area contributed by atoms with Crippen molar-refractivity contribution in [3.63, 3.8) is 0 Å². The molecule has 188 valence electrons. The zero-order valence-electron chi connectivity index (χ0n) is 21.0. The Morgan fingerprint density at radius 1 is 1.06 bits per heavy atom. The minimum atomic E-state index is -4.36. The van der Waals surface area contributed by atoms with Crippen molar-refractivity contribution < 1.29 is 13.2 Å². The van der Waals surface area contributed by atoms with E-state index >= 15 is 0 Å². The van der Waals surface area contributed by atoms with E-state index in [0.717, 1.165) is 57.9 Å². The van der Waals surface area contributed by atoms with Crippen LogP contribution in [0, 0.1) is 6.92 Å². The summed E-state index contributed by atoms with van der Waals surface area (Å²) >= 11 is 0. The maximum absolute atomic E-state index is 13.1. The number of halogens is 3. The first-order valence-electron chi connectivity index (χ1n) is 11.8. The van der Waals surface area contributed by atoms with E-state index in [2.05, 4.69) is 33.6 Å². The second-order valence-electron chi connectivity index (χ2n) is 9.85. The third-order valence-electron chi connectivity index (χ3n) is 6.66. The van der Waals surface area contributed by atoms with Crippen molar-refractivity contribution in [2.24, 2.45) is 9.98 Å². The van der Waals surface area contributed by atoms with E-state index in [1.807, 2.05) is 49.2 Å². The topological polar surface area (TPSA) is 48.2 Å². The van der Waals surface area contributed by atoms with Crippen LogP contribution in [-0.2, 0) is 12.7 Å². The molecule has 1 aromatic heterocycles. The third-order valence-corrected chi connectivity index (χ3v) is 6.66. The molecule has 36 heavy (non-hydrogen) atoms. The van der Waals surface area contributed by atoms with Crippen LogP contribution in [0.4, 0.5) is 30.4 Å². The van der Waals surface area contributed by atoms with Crippen LogP contribution in [0.25, 0.3) is 0 Å². The van der Waals surface area contributed by atoms with Gasteiger partial charge in [0.05, 0.1) is 28.9 Å². The number of anilines is 3. The molecule has 0 bridgehead atoms. The third kappa shape index (κ3) is 4.02. The number of aliphatic imine (C=N–C) groups is 2. The SMILES string of the molecule is C/N=C1/c2c(c(C)n(Cc3ccc(C(F)(F)F)cc3)c2Nc2ccccc2)N2CC(C)(C)N=C2N1C. The zero-order valence-corrected chi connectivity index (χ0v) is 21.0. The Hall–Kier alpha value is -3.75. The van der Waals surface area contributed by atoms with Crippen molar-refractivity contribution in [2.45, 2.75) is 39.0 Å². The number of fused-ring (bicyclic) bond motifs is 3. The Morgan fingerprint density at radius 3 is 2.33 bits per heavy atom. The number of guanidine groups is 1. The van der Waals surface area contributed by atoms with Crippen molar-refractivity contribution in [1.29, 1.82) is 0 Å². The van der Waals surface area contributed by atoms with Crippen LogP contribution in [0.3, 0.4) is 0 Å². The van der Waals surface area contributed by atoms with E-state index in [1.165, 1.54) is 0 Å². The van der Waals surface area contributed by atoms with Crippen LogP contribution in [0.5, 0.6) is 0 Å². The highest BCUT2D eigenvalue weighted by atomic mass is 19.4. The van der Waals surface area contributed by atoms with Crippen LogP contribution in [0.15, 0.2) is 64.6 Å². The monoisotopic (exact) mass is 494 g/mol. The minimum absolute atomic E-state index is 0.265. The quantitative estimate of drug-likeness (QED) is 0.493. The Balaban J connectivity index is 1.68. The molecule has 0 unspecified atom stereocenters. The molecule has 0 spiro atoms. The van der Waals surface area contributed by atoms with Crippen LogP contribution in [0.1, 0.15) is 36.2 Å². The van der Waals surface area contributed by atoms with E-state index in [0.29, 0.717) is 13.1 Å². The van der Waals surface area contributed by atoms with Crippen molar-refractivity contribution in [3.05, 3.63) is 77.0 Å². The molecule has 0 atom stereocenters. The Kier molecular flexibility index (Phi) is 5.61. The standard InChI is InChI=1S/C27H29F3N6/c1-17-22-21(23(31-4)34(5)25-33-26(2,3)16-36(22)25)24(32-20-9-7-6-8-10-20)35(17)15-18-11-13-19(14-12-18)27(28,29)30/h6-14,32H,15-16H2,1-5H3/b31-23-. The van der Waals surface area contributed by atoms with Crippen LogP contribution in [-0.4, -0.2) is 47.4 Å². The number of aromatic nitrogens is 1. The summed E-state index contributed by atoms with van der Waals surface area (Å²) in [6, 6.07) is 15.2. The van der Waals surface area contributed by atoms with Crippen LogP contribution in [0.2, 0.25) is 0 Å². The van der Waals surface area contributed by atoms with Crippen molar-refractivity contribution in [2.75, 3.05) is 30.9 Å². The molecule has 0 saturated heterocycles. The number of hydrogen-bond donors (Lipinski definition) is 1. The van der Waals surface area contributed by atoms with Gasteiger partial charge in [0, 0.05) is 32.0 Å². The first kappa shape index (κ1) is 24.0. The van der Waals surface area contributed by atoms with E-state index in [1.54, 1.807) is 19.2 Å². The van der Waals surface area contributed by atoms with Crippen LogP contribution >= 0.6 is 0 Å². The van der Waals surface area contributed by atoms with Gasteiger partial charge in [0.25, 0.3) is 0 Å². The van der Waals surface area contributed by atoms with Gasteiger partial charge in [-0.25, -0.2) is 4.99 Å². The molecule has 3 aromatic rings.